The van der Waals surface area contributed by atoms with Gasteiger partial charge in [0, 0.05) is 17.3 Å². The fraction of sp³-hybridized carbons (Fsp3) is 0.0526. The molecule has 2 aromatic heterocycles. The van der Waals surface area contributed by atoms with Gasteiger partial charge in [0.15, 0.2) is 0 Å². The number of hydrogen-bond donors (Lipinski definition) is 2. The van der Waals surface area contributed by atoms with Crippen molar-refractivity contribution in [2.75, 3.05) is 5.32 Å². The number of nitrogens with zero attached hydrogens (tertiary/aromatic N) is 2. The van der Waals surface area contributed by atoms with Crippen LogP contribution in [0, 0.1) is 6.92 Å². The number of fused-ring (bicyclic) bond motifs is 2. The molecule has 0 aliphatic rings. The number of amides is 1. The van der Waals surface area contributed by atoms with E-state index in [1.807, 2.05) is 13.0 Å². The summed E-state index contributed by atoms with van der Waals surface area (Å²) < 4.78 is 2.14. The number of nitrogens with one attached hydrogen (secondary N) is 1. The Balaban J connectivity index is 1.80. The Bertz CT molecular complexity index is 1290. The van der Waals surface area contributed by atoms with Gasteiger partial charge in [-0.25, -0.2) is 14.6 Å². The van der Waals surface area contributed by atoms with E-state index in [0.717, 1.165) is 26.0 Å². The van der Waals surface area contributed by atoms with Crippen molar-refractivity contribution in [2.45, 2.75) is 6.92 Å². The molecule has 0 spiro atoms. The van der Waals surface area contributed by atoms with Crippen LogP contribution in [-0.2, 0) is 0 Å². The van der Waals surface area contributed by atoms with Crippen LogP contribution in [0.25, 0.3) is 21.1 Å². The summed E-state index contributed by atoms with van der Waals surface area (Å²) in [5, 5.41) is 13.1. The highest BCUT2D eigenvalue weighted by atomic mass is 32.1. The summed E-state index contributed by atoms with van der Waals surface area (Å²) in [7, 11) is 0. The van der Waals surface area contributed by atoms with E-state index in [-0.39, 0.29) is 5.39 Å². The molecule has 0 bridgehead atoms. The predicted octanol–water partition coefficient (Wildman–Crippen LogP) is 3.70. The van der Waals surface area contributed by atoms with Crippen LogP contribution in [0.15, 0.2) is 53.5 Å². The molecule has 0 fully saturated rings. The number of carboxylic acid groups (broad SMARTS) is 1. The van der Waals surface area contributed by atoms with Gasteiger partial charge >= 0.3 is 12.0 Å². The molecule has 0 aliphatic carbocycles. The zero-order valence-corrected chi connectivity index (χ0v) is 14.9. The van der Waals surface area contributed by atoms with Gasteiger partial charge in [-0.15, -0.1) is 11.3 Å². The summed E-state index contributed by atoms with van der Waals surface area (Å²) in [6.45, 7) is 1.91. The number of hydrogen-bond acceptors (Lipinski definition) is 5. The second-order valence-corrected chi connectivity index (χ2v) is 7.14. The molecule has 0 aliphatic heterocycles. The van der Waals surface area contributed by atoms with Gasteiger partial charge in [-0.2, -0.15) is 0 Å². The standard InChI is InChI=1S/C19H13N3O4S/c1-10-20-14-8-11(6-7-16(14)27-10)21-19(26)22-9-13(18(24)25)17(23)12-4-2-3-5-15(12)22/h2-9H,1H3,(H,21,26)(H,24,25). The van der Waals surface area contributed by atoms with Crippen molar-refractivity contribution < 1.29 is 14.7 Å². The van der Waals surface area contributed by atoms with Gasteiger partial charge < -0.3 is 10.4 Å². The van der Waals surface area contributed by atoms with E-state index in [1.54, 1.807) is 41.7 Å². The Morgan fingerprint density at radius 3 is 2.74 bits per heavy atom. The van der Waals surface area contributed by atoms with E-state index in [1.165, 1.54) is 6.07 Å². The van der Waals surface area contributed by atoms with Gasteiger partial charge in [-0.3, -0.25) is 9.36 Å². The Labute approximate surface area is 156 Å². The lowest BCUT2D eigenvalue weighted by Gasteiger charge is -2.12. The van der Waals surface area contributed by atoms with E-state index in [9.17, 15) is 19.5 Å². The number of aromatic nitrogens is 2. The molecule has 4 aromatic rings. The van der Waals surface area contributed by atoms with Gasteiger partial charge in [-0.05, 0) is 37.3 Å². The number of aryl methyl sites for hydroxylation is 1. The van der Waals surface area contributed by atoms with Crippen molar-refractivity contribution in [3.63, 3.8) is 0 Å². The summed E-state index contributed by atoms with van der Waals surface area (Å²) in [5.74, 6) is -1.38. The second kappa shape index (κ2) is 6.33. The number of thiazole rings is 1. The first-order valence-electron chi connectivity index (χ1n) is 8.00. The van der Waals surface area contributed by atoms with Crippen LogP contribution < -0.4 is 10.7 Å². The lowest BCUT2D eigenvalue weighted by molar-refractivity contribution is 0.0695. The monoisotopic (exact) mass is 379 g/mol. The molecule has 0 atom stereocenters. The zero-order chi connectivity index (χ0) is 19.1. The van der Waals surface area contributed by atoms with Crippen molar-refractivity contribution in [3.8, 4) is 0 Å². The normalized spacial score (nSPS) is 11.0. The van der Waals surface area contributed by atoms with Crippen LogP contribution in [0.1, 0.15) is 15.4 Å². The molecule has 2 aromatic carbocycles. The van der Waals surface area contributed by atoms with Crippen LogP contribution in [0.3, 0.4) is 0 Å². The number of carboxylic acids is 1. The fourth-order valence-electron chi connectivity index (χ4n) is 2.90. The number of carbonyl (C=O) groups excluding carboxylic acids is 1. The summed E-state index contributed by atoms with van der Waals surface area (Å²) in [6, 6.07) is 11.2. The number of pyridine rings is 1. The molecule has 7 nitrogen and oxygen atoms in total. The summed E-state index contributed by atoms with van der Waals surface area (Å²) >= 11 is 1.56. The van der Waals surface area contributed by atoms with Crippen molar-refractivity contribution in [3.05, 3.63) is 69.5 Å². The lowest BCUT2D eigenvalue weighted by atomic mass is 10.1. The van der Waals surface area contributed by atoms with Gasteiger partial charge in [0.25, 0.3) is 0 Å². The number of aromatic carboxylic acids is 1. The molecule has 134 valence electrons. The summed E-state index contributed by atoms with van der Waals surface area (Å²) in [5.41, 5.74) is 0.537. The lowest BCUT2D eigenvalue weighted by Crippen LogP contribution is -2.25. The number of anilines is 1. The number of para-hydroxylation sites is 1. The minimum atomic E-state index is -1.38. The summed E-state index contributed by atoms with van der Waals surface area (Å²) in [4.78, 5) is 40.9. The average Bonchev–Trinajstić information content (AvgIpc) is 3.01. The Hall–Kier alpha value is -3.52. The average molecular weight is 379 g/mol. The molecule has 0 saturated carbocycles. The van der Waals surface area contributed by atoms with Gasteiger partial charge in [0.2, 0.25) is 5.43 Å². The topological polar surface area (TPSA) is 101 Å². The van der Waals surface area contributed by atoms with Gasteiger partial charge in [-0.1, -0.05) is 12.1 Å². The van der Waals surface area contributed by atoms with E-state index in [2.05, 4.69) is 10.3 Å². The van der Waals surface area contributed by atoms with Crippen LogP contribution in [0.2, 0.25) is 0 Å². The molecule has 2 heterocycles. The first kappa shape index (κ1) is 16.9. The van der Waals surface area contributed by atoms with E-state index < -0.39 is 23.0 Å². The van der Waals surface area contributed by atoms with Crippen molar-refractivity contribution in [1.82, 2.24) is 9.55 Å². The van der Waals surface area contributed by atoms with Crippen LogP contribution in [0.5, 0.6) is 0 Å². The molecular weight excluding hydrogens is 366 g/mol. The second-order valence-electron chi connectivity index (χ2n) is 5.91. The summed E-state index contributed by atoms with van der Waals surface area (Å²) in [6.07, 6.45) is 1.05. The molecule has 0 unspecified atom stereocenters. The third-order valence-electron chi connectivity index (χ3n) is 4.11. The smallest absolute Gasteiger partial charge is 0.341 e. The maximum absolute atomic E-state index is 12.8. The Morgan fingerprint density at radius 1 is 1.19 bits per heavy atom. The molecule has 2 N–H and O–H groups in total. The Morgan fingerprint density at radius 2 is 1.96 bits per heavy atom. The highest BCUT2D eigenvalue weighted by Gasteiger charge is 2.17. The molecule has 8 heteroatoms. The van der Waals surface area contributed by atoms with E-state index >= 15 is 0 Å². The van der Waals surface area contributed by atoms with Crippen LogP contribution in [-0.4, -0.2) is 26.7 Å². The molecule has 0 saturated heterocycles. The van der Waals surface area contributed by atoms with Gasteiger partial charge in [0.1, 0.15) is 5.56 Å². The molecular formula is C19H13N3O4S. The first-order chi connectivity index (χ1) is 12.9. The highest BCUT2D eigenvalue weighted by Crippen LogP contribution is 2.24. The third kappa shape index (κ3) is 2.96. The Kier molecular flexibility index (Phi) is 3.97. The fourth-order valence-corrected chi connectivity index (χ4v) is 3.71. The van der Waals surface area contributed by atoms with Crippen LogP contribution >= 0.6 is 11.3 Å². The van der Waals surface area contributed by atoms with E-state index in [4.69, 9.17) is 0 Å². The maximum Gasteiger partial charge on any atom is 0.341 e. The van der Waals surface area contributed by atoms with Gasteiger partial charge in [0.05, 0.1) is 20.7 Å². The molecule has 1 amide bonds. The zero-order valence-electron chi connectivity index (χ0n) is 14.1. The molecule has 27 heavy (non-hydrogen) atoms. The van der Waals surface area contributed by atoms with Crippen molar-refractivity contribution in [2.24, 2.45) is 0 Å². The quantitative estimate of drug-likeness (QED) is 0.553. The number of benzene rings is 2. The van der Waals surface area contributed by atoms with E-state index in [0.29, 0.717) is 11.2 Å². The first-order valence-corrected chi connectivity index (χ1v) is 8.82. The molecule has 0 radical (unpaired) electrons. The number of carbonyl (C=O) groups is 2. The van der Waals surface area contributed by atoms with Crippen molar-refractivity contribution >= 4 is 50.1 Å². The third-order valence-corrected chi connectivity index (χ3v) is 5.06. The minimum Gasteiger partial charge on any atom is -0.477 e. The number of rotatable bonds is 2. The maximum atomic E-state index is 12.8. The highest BCUT2D eigenvalue weighted by molar-refractivity contribution is 7.18. The minimum absolute atomic E-state index is 0.165. The SMILES string of the molecule is Cc1nc2cc(NC(=O)n3cc(C(=O)O)c(=O)c4ccccc43)ccc2s1. The largest absolute Gasteiger partial charge is 0.477 e. The van der Waals surface area contributed by atoms with Crippen LogP contribution in [0.4, 0.5) is 10.5 Å². The molecule has 4 rings (SSSR count). The van der Waals surface area contributed by atoms with Crippen molar-refractivity contribution in [1.29, 1.82) is 0 Å². The predicted molar refractivity (Wildman–Crippen MR) is 104 cm³/mol.